The number of piperidine rings is 1. The molecule has 1 aliphatic heterocycles. The number of carbonyl (C=O) groups excluding carboxylic acids is 1. The molecular formula is C20H31NO4S. The molecule has 0 bridgehead atoms. The molecule has 1 aliphatic rings. The molecule has 146 valence electrons. The van der Waals surface area contributed by atoms with Crippen LogP contribution in [0.25, 0.3) is 0 Å². The van der Waals surface area contributed by atoms with Crippen molar-refractivity contribution in [3.05, 3.63) is 23.3 Å². The van der Waals surface area contributed by atoms with E-state index in [-0.39, 0.29) is 12.0 Å². The zero-order valence-corrected chi connectivity index (χ0v) is 17.2. The van der Waals surface area contributed by atoms with E-state index in [0.29, 0.717) is 13.0 Å². The Labute approximate surface area is 159 Å². The van der Waals surface area contributed by atoms with Gasteiger partial charge in [-0.25, -0.2) is 8.51 Å². The fraction of sp³-hybridized carbons (Fsp3) is 0.650. The Morgan fingerprint density at radius 3 is 2.58 bits per heavy atom. The summed E-state index contributed by atoms with van der Waals surface area (Å²) < 4.78 is 25.8. The molecule has 0 aliphatic carbocycles. The van der Waals surface area contributed by atoms with Crippen molar-refractivity contribution in [3.8, 4) is 5.75 Å². The number of methoxy groups -OCH3 is 1. The molecule has 0 aromatic heterocycles. The van der Waals surface area contributed by atoms with Gasteiger partial charge in [-0.15, -0.1) is 0 Å². The van der Waals surface area contributed by atoms with E-state index in [9.17, 15) is 9.00 Å². The summed E-state index contributed by atoms with van der Waals surface area (Å²) in [6.07, 6.45) is 5.33. The van der Waals surface area contributed by atoms with Crippen molar-refractivity contribution in [3.63, 3.8) is 0 Å². The zero-order valence-electron chi connectivity index (χ0n) is 16.4. The van der Waals surface area contributed by atoms with Crippen LogP contribution in [-0.4, -0.2) is 40.8 Å². The van der Waals surface area contributed by atoms with E-state index in [1.54, 1.807) is 7.11 Å². The molecular weight excluding hydrogens is 350 g/mol. The van der Waals surface area contributed by atoms with E-state index in [1.807, 2.05) is 32.9 Å². The molecule has 26 heavy (non-hydrogen) atoms. The van der Waals surface area contributed by atoms with E-state index >= 15 is 0 Å². The minimum Gasteiger partial charge on any atom is -0.497 e. The van der Waals surface area contributed by atoms with Gasteiger partial charge < -0.3 is 9.47 Å². The van der Waals surface area contributed by atoms with Gasteiger partial charge in [0.05, 0.1) is 18.6 Å². The van der Waals surface area contributed by atoms with Crippen molar-refractivity contribution in [1.82, 2.24) is 4.31 Å². The smallest absolute Gasteiger partial charge is 0.305 e. The summed E-state index contributed by atoms with van der Waals surface area (Å²) in [6.45, 7) is 7.06. The molecule has 1 aromatic carbocycles. The van der Waals surface area contributed by atoms with Gasteiger partial charge in [0.1, 0.15) is 16.7 Å². The van der Waals surface area contributed by atoms with Crippen LogP contribution >= 0.6 is 0 Å². The number of benzene rings is 1. The van der Waals surface area contributed by atoms with E-state index in [2.05, 4.69) is 4.31 Å². The van der Waals surface area contributed by atoms with Crippen molar-refractivity contribution >= 4 is 17.0 Å². The molecule has 0 radical (unpaired) electrons. The quantitative estimate of drug-likeness (QED) is 0.641. The second kappa shape index (κ2) is 10.1. The van der Waals surface area contributed by atoms with Gasteiger partial charge in [-0.05, 0) is 69.7 Å². The van der Waals surface area contributed by atoms with Crippen molar-refractivity contribution in [1.29, 1.82) is 0 Å². The maximum atomic E-state index is 13.4. The summed E-state index contributed by atoms with van der Waals surface area (Å²) in [5, 5.41) is 0. The third-order valence-electron chi connectivity index (χ3n) is 4.85. The maximum Gasteiger partial charge on any atom is 0.305 e. The molecule has 2 unspecified atom stereocenters. The maximum absolute atomic E-state index is 13.4. The van der Waals surface area contributed by atoms with Gasteiger partial charge in [0.2, 0.25) is 0 Å². The van der Waals surface area contributed by atoms with Crippen LogP contribution in [0.1, 0.15) is 56.6 Å². The predicted molar refractivity (Wildman–Crippen MR) is 104 cm³/mol. The first kappa shape index (κ1) is 20.9. The normalized spacial score (nSPS) is 19.2. The van der Waals surface area contributed by atoms with Crippen LogP contribution in [-0.2, 0) is 20.5 Å². The number of ether oxygens (including phenoxy) is 2. The number of rotatable bonds is 8. The minimum atomic E-state index is -1.19. The highest BCUT2D eigenvalue weighted by molar-refractivity contribution is 7.82. The van der Waals surface area contributed by atoms with E-state index < -0.39 is 11.0 Å². The Balaban J connectivity index is 2.09. The van der Waals surface area contributed by atoms with Crippen molar-refractivity contribution in [2.75, 3.05) is 20.3 Å². The largest absolute Gasteiger partial charge is 0.497 e. The van der Waals surface area contributed by atoms with Crippen molar-refractivity contribution in [2.45, 2.75) is 70.2 Å². The fourth-order valence-electron chi connectivity index (χ4n) is 3.62. The molecule has 0 saturated carbocycles. The Kier molecular flexibility index (Phi) is 8.10. The highest BCUT2D eigenvalue weighted by Crippen LogP contribution is 2.30. The lowest BCUT2D eigenvalue weighted by Gasteiger charge is -2.35. The second-order valence-corrected chi connectivity index (χ2v) is 8.20. The number of aryl methyl sites for hydroxylation is 2. The highest BCUT2D eigenvalue weighted by atomic mass is 32.2. The Morgan fingerprint density at radius 2 is 1.96 bits per heavy atom. The summed E-state index contributed by atoms with van der Waals surface area (Å²) in [5.41, 5.74) is 1.99. The van der Waals surface area contributed by atoms with Crippen molar-refractivity contribution < 1.29 is 18.5 Å². The number of nitrogens with zero attached hydrogens (tertiary/aromatic N) is 1. The lowest BCUT2D eigenvalue weighted by molar-refractivity contribution is -0.143. The van der Waals surface area contributed by atoms with Crippen LogP contribution in [0, 0.1) is 13.8 Å². The molecule has 5 nitrogen and oxygen atoms in total. The van der Waals surface area contributed by atoms with Gasteiger partial charge in [0.15, 0.2) is 0 Å². The van der Waals surface area contributed by atoms with Gasteiger partial charge in [0, 0.05) is 19.0 Å². The van der Waals surface area contributed by atoms with Crippen LogP contribution in [0.3, 0.4) is 0 Å². The van der Waals surface area contributed by atoms with Crippen molar-refractivity contribution in [2.24, 2.45) is 0 Å². The molecule has 0 spiro atoms. The molecule has 1 saturated heterocycles. The molecule has 2 atom stereocenters. The summed E-state index contributed by atoms with van der Waals surface area (Å²) >= 11 is 0. The molecule has 1 fully saturated rings. The number of hydrogen-bond acceptors (Lipinski definition) is 4. The van der Waals surface area contributed by atoms with Crippen LogP contribution in [0.2, 0.25) is 0 Å². The SMILES string of the molecule is CCOC(=O)CCCC1CCCCN1S(=O)c1c(C)cc(OC)cc1C. The Morgan fingerprint density at radius 1 is 1.27 bits per heavy atom. The molecule has 0 N–H and O–H groups in total. The molecule has 6 heteroatoms. The summed E-state index contributed by atoms with van der Waals surface area (Å²) in [4.78, 5) is 12.5. The van der Waals surface area contributed by atoms with Crippen LogP contribution in [0.5, 0.6) is 5.75 Å². The van der Waals surface area contributed by atoms with E-state index in [0.717, 1.165) is 60.4 Å². The van der Waals surface area contributed by atoms with Gasteiger partial charge >= 0.3 is 5.97 Å². The standard InChI is InChI=1S/C20H31NO4S/c1-5-25-19(22)11-8-10-17-9-6-7-12-21(17)26(23)20-15(2)13-18(24-4)14-16(20)3/h13-14,17H,5-12H2,1-4H3. The first-order valence-corrected chi connectivity index (χ1v) is 10.6. The Bertz CT molecular complexity index is 624. The highest BCUT2D eigenvalue weighted by Gasteiger charge is 2.29. The first-order valence-electron chi connectivity index (χ1n) is 9.47. The average molecular weight is 382 g/mol. The van der Waals surface area contributed by atoms with Gasteiger partial charge in [-0.1, -0.05) is 6.42 Å². The first-order chi connectivity index (χ1) is 12.5. The fourth-order valence-corrected chi connectivity index (χ4v) is 5.30. The monoisotopic (exact) mass is 381 g/mol. The molecule has 0 amide bonds. The van der Waals surface area contributed by atoms with E-state index in [1.165, 1.54) is 0 Å². The third kappa shape index (κ3) is 5.30. The van der Waals surface area contributed by atoms with Gasteiger partial charge in [-0.2, -0.15) is 0 Å². The average Bonchev–Trinajstić information content (AvgIpc) is 2.61. The molecule has 2 rings (SSSR count). The number of carbonyl (C=O) groups is 1. The Hall–Kier alpha value is -1.40. The third-order valence-corrected chi connectivity index (χ3v) is 6.75. The second-order valence-electron chi connectivity index (χ2n) is 6.83. The minimum absolute atomic E-state index is 0.141. The van der Waals surface area contributed by atoms with Crippen LogP contribution in [0.15, 0.2) is 17.0 Å². The van der Waals surface area contributed by atoms with Gasteiger partial charge in [-0.3, -0.25) is 4.79 Å². The summed E-state index contributed by atoms with van der Waals surface area (Å²) in [5.74, 6) is 0.656. The summed E-state index contributed by atoms with van der Waals surface area (Å²) in [6, 6.07) is 4.14. The van der Waals surface area contributed by atoms with E-state index in [4.69, 9.17) is 9.47 Å². The van der Waals surface area contributed by atoms with Gasteiger partial charge in [0.25, 0.3) is 0 Å². The predicted octanol–water partition coefficient (Wildman–Crippen LogP) is 3.92. The summed E-state index contributed by atoms with van der Waals surface area (Å²) in [7, 11) is 0.459. The topological polar surface area (TPSA) is 55.8 Å². The van der Waals surface area contributed by atoms with Crippen LogP contribution < -0.4 is 4.74 Å². The number of hydrogen-bond donors (Lipinski definition) is 0. The molecule has 1 aromatic rings. The number of esters is 1. The van der Waals surface area contributed by atoms with Crippen LogP contribution in [0.4, 0.5) is 0 Å². The lowest BCUT2D eigenvalue weighted by atomic mass is 10.00. The lowest BCUT2D eigenvalue weighted by Crippen LogP contribution is -2.41. The molecule has 1 heterocycles. The zero-order chi connectivity index (χ0) is 19.1.